The summed E-state index contributed by atoms with van der Waals surface area (Å²) in [7, 11) is 0. The standard InChI is InChI=1S/C19H22BrN3O4S/c1-11(2)10-27-19(26)23-14-6-4-5-13(9-14)22-17(24)12(3)21-18(25)15-7-8-16(20)28-15/h4-9,11-12H,10H2,1-3H3,(H,21,25)(H,22,24)(H,23,26). The Hall–Kier alpha value is -2.39. The third-order valence-corrected chi connectivity index (χ3v) is 5.08. The lowest BCUT2D eigenvalue weighted by Crippen LogP contribution is -2.41. The van der Waals surface area contributed by atoms with E-state index in [-0.39, 0.29) is 17.7 Å². The van der Waals surface area contributed by atoms with Crippen LogP contribution in [0.5, 0.6) is 0 Å². The number of ether oxygens (including phenoxy) is 1. The number of thiophene rings is 1. The van der Waals surface area contributed by atoms with Crippen molar-refractivity contribution in [3.05, 3.63) is 45.1 Å². The SMILES string of the molecule is CC(C)COC(=O)Nc1cccc(NC(=O)C(C)NC(=O)c2ccc(Br)s2)c1. The summed E-state index contributed by atoms with van der Waals surface area (Å²) in [6.07, 6.45) is -0.556. The van der Waals surface area contributed by atoms with E-state index in [0.717, 1.165) is 3.79 Å². The van der Waals surface area contributed by atoms with E-state index in [1.54, 1.807) is 43.3 Å². The molecule has 2 rings (SSSR count). The highest BCUT2D eigenvalue weighted by Crippen LogP contribution is 2.22. The van der Waals surface area contributed by atoms with E-state index in [1.165, 1.54) is 11.3 Å². The molecule has 1 unspecified atom stereocenters. The van der Waals surface area contributed by atoms with Gasteiger partial charge in [-0.05, 0) is 59.1 Å². The molecule has 0 saturated heterocycles. The normalized spacial score (nSPS) is 11.6. The Morgan fingerprint density at radius 2 is 1.75 bits per heavy atom. The first-order valence-electron chi connectivity index (χ1n) is 8.65. The molecule has 150 valence electrons. The van der Waals surface area contributed by atoms with E-state index in [1.807, 2.05) is 13.8 Å². The summed E-state index contributed by atoms with van der Waals surface area (Å²) in [5.74, 6) is -0.450. The molecule has 1 aromatic heterocycles. The number of carbonyl (C=O) groups is 3. The molecule has 0 fully saturated rings. The third kappa shape index (κ3) is 6.97. The first kappa shape index (κ1) is 21.9. The van der Waals surface area contributed by atoms with Gasteiger partial charge in [-0.15, -0.1) is 11.3 Å². The van der Waals surface area contributed by atoms with Crippen LogP contribution in [0.1, 0.15) is 30.4 Å². The number of anilines is 2. The number of amides is 3. The molecule has 1 aromatic carbocycles. The molecule has 28 heavy (non-hydrogen) atoms. The average Bonchev–Trinajstić information content (AvgIpc) is 3.06. The van der Waals surface area contributed by atoms with Crippen LogP contribution in [0.15, 0.2) is 40.2 Å². The highest BCUT2D eigenvalue weighted by Gasteiger charge is 2.18. The van der Waals surface area contributed by atoms with Crippen molar-refractivity contribution in [2.45, 2.75) is 26.8 Å². The van der Waals surface area contributed by atoms with Crippen molar-refractivity contribution in [1.82, 2.24) is 5.32 Å². The Bertz CT molecular complexity index is 853. The van der Waals surface area contributed by atoms with Crippen LogP contribution < -0.4 is 16.0 Å². The molecule has 9 heteroatoms. The minimum atomic E-state index is -0.735. The smallest absolute Gasteiger partial charge is 0.411 e. The Labute approximate surface area is 176 Å². The van der Waals surface area contributed by atoms with Crippen LogP contribution in [-0.4, -0.2) is 30.6 Å². The summed E-state index contributed by atoms with van der Waals surface area (Å²) in [5, 5.41) is 7.98. The highest BCUT2D eigenvalue weighted by molar-refractivity contribution is 9.11. The zero-order chi connectivity index (χ0) is 20.7. The Morgan fingerprint density at radius 1 is 1.07 bits per heavy atom. The van der Waals surface area contributed by atoms with Crippen LogP contribution in [0.3, 0.4) is 0 Å². The molecule has 0 radical (unpaired) electrons. The highest BCUT2D eigenvalue weighted by atomic mass is 79.9. The molecule has 0 aliphatic carbocycles. The Morgan fingerprint density at radius 3 is 2.36 bits per heavy atom. The molecule has 1 atom stereocenters. The number of benzene rings is 1. The van der Waals surface area contributed by atoms with Gasteiger partial charge in [0.2, 0.25) is 5.91 Å². The summed E-state index contributed by atoms with van der Waals surface area (Å²) in [6, 6.07) is 9.40. The second kappa shape index (κ2) is 10.2. The van der Waals surface area contributed by atoms with Crippen LogP contribution in [-0.2, 0) is 9.53 Å². The molecule has 0 spiro atoms. The predicted octanol–water partition coefficient (Wildman–Crippen LogP) is 4.47. The largest absolute Gasteiger partial charge is 0.449 e. The van der Waals surface area contributed by atoms with Crippen molar-refractivity contribution >= 4 is 56.5 Å². The maximum Gasteiger partial charge on any atom is 0.411 e. The summed E-state index contributed by atoms with van der Waals surface area (Å²) >= 11 is 4.59. The molecule has 3 amide bonds. The molecule has 1 heterocycles. The number of nitrogens with one attached hydrogen (secondary N) is 3. The fourth-order valence-corrected chi connectivity index (χ4v) is 3.38. The second-order valence-corrected chi connectivity index (χ2v) is 8.95. The zero-order valence-electron chi connectivity index (χ0n) is 15.7. The maximum atomic E-state index is 12.4. The first-order chi connectivity index (χ1) is 13.2. The fourth-order valence-electron chi connectivity index (χ4n) is 2.09. The Kier molecular flexibility index (Phi) is 8.01. The topological polar surface area (TPSA) is 96.5 Å². The number of hydrogen-bond acceptors (Lipinski definition) is 5. The summed E-state index contributed by atoms with van der Waals surface area (Å²) in [6.45, 7) is 5.81. The number of carbonyl (C=O) groups excluding carboxylic acids is 3. The molecule has 0 bridgehead atoms. The quantitative estimate of drug-likeness (QED) is 0.559. The van der Waals surface area contributed by atoms with Crippen LogP contribution in [0.4, 0.5) is 16.2 Å². The summed E-state index contributed by atoms with van der Waals surface area (Å²) in [4.78, 5) is 36.8. The van der Waals surface area contributed by atoms with Gasteiger partial charge >= 0.3 is 6.09 Å². The van der Waals surface area contributed by atoms with Crippen LogP contribution in [0.2, 0.25) is 0 Å². The lowest BCUT2D eigenvalue weighted by molar-refractivity contribution is -0.117. The number of halogens is 1. The molecular weight excluding hydrogens is 446 g/mol. The van der Waals surface area contributed by atoms with Crippen LogP contribution in [0.25, 0.3) is 0 Å². The van der Waals surface area contributed by atoms with Gasteiger partial charge in [-0.2, -0.15) is 0 Å². The van der Waals surface area contributed by atoms with Crippen molar-refractivity contribution in [1.29, 1.82) is 0 Å². The average molecular weight is 468 g/mol. The molecule has 2 aromatic rings. The monoisotopic (exact) mass is 467 g/mol. The van der Waals surface area contributed by atoms with E-state index >= 15 is 0 Å². The van der Waals surface area contributed by atoms with Gasteiger partial charge in [0, 0.05) is 11.4 Å². The van der Waals surface area contributed by atoms with Crippen molar-refractivity contribution in [3.8, 4) is 0 Å². The lowest BCUT2D eigenvalue weighted by atomic mass is 10.2. The van der Waals surface area contributed by atoms with Crippen molar-refractivity contribution in [2.24, 2.45) is 5.92 Å². The van der Waals surface area contributed by atoms with Crippen LogP contribution >= 0.6 is 27.3 Å². The van der Waals surface area contributed by atoms with Crippen LogP contribution in [0, 0.1) is 5.92 Å². The van der Waals surface area contributed by atoms with Crippen molar-refractivity contribution in [2.75, 3.05) is 17.2 Å². The summed E-state index contributed by atoms with van der Waals surface area (Å²) in [5.41, 5.74) is 0.985. The van der Waals surface area contributed by atoms with Gasteiger partial charge in [0.25, 0.3) is 5.91 Å². The van der Waals surface area contributed by atoms with Gasteiger partial charge in [0.05, 0.1) is 15.3 Å². The molecule has 7 nitrogen and oxygen atoms in total. The molecular formula is C19H22BrN3O4S. The van der Waals surface area contributed by atoms with E-state index in [9.17, 15) is 14.4 Å². The Balaban J connectivity index is 1.90. The molecule has 0 aliphatic heterocycles. The minimum Gasteiger partial charge on any atom is -0.449 e. The number of hydrogen-bond donors (Lipinski definition) is 3. The zero-order valence-corrected chi connectivity index (χ0v) is 18.1. The lowest BCUT2D eigenvalue weighted by Gasteiger charge is -2.14. The third-order valence-electron chi connectivity index (χ3n) is 3.46. The predicted molar refractivity (Wildman–Crippen MR) is 114 cm³/mol. The minimum absolute atomic E-state index is 0.239. The van der Waals surface area contributed by atoms with E-state index < -0.39 is 12.1 Å². The van der Waals surface area contributed by atoms with Crippen molar-refractivity contribution in [3.63, 3.8) is 0 Å². The second-order valence-electron chi connectivity index (χ2n) is 6.49. The van der Waals surface area contributed by atoms with Gasteiger partial charge in [-0.25, -0.2) is 4.79 Å². The van der Waals surface area contributed by atoms with Gasteiger partial charge in [-0.1, -0.05) is 19.9 Å². The van der Waals surface area contributed by atoms with Gasteiger partial charge in [0.15, 0.2) is 0 Å². The molecule has 3 N–H and O–H groups in total. The summed E-state index contributed by atoms with van der Waals surface area (Å²) < 4.78 is 5.91. The van der Waals surface area contributed by atoms with E-state index in [4.69, 9.17) is 4.74 Å². The molecule has 0 saturated carbocycles. The van der Waals surface area contributed by atoms with Gasteiger partial charge in [0.1, 0.15) is 6.04 Å². The number of rotatable bonds is 7. The van der Waals surface area contributed by atoms with Gasteiger partial charge in [-0.3, -0.25) is 14.9 Å². The molecule has 0 aliphatic rings. The van der Waals surface area contributed by atoms with E-state index in [2.05, 4.69) is 31.9 Å². The maximum absolute atomic E-state index is 12.4. The van der Waals surface area contributed by atoms with E-state index in [0.29, 0.717) is 22.9 Å². The fraction of sp³-hybridized carbons (Fsp3) is 0.316. The van der Waals surface area contributed by atoms with Crippen molar-refractivity contribution < 1.29 is 19.1 Å². The first-order valence-corrected chi connectivity index (χ1v) is 10.3. The van der Waals surface area contributed by atoms with Gasteiger partial charge < -0.3 is 15.4 Å².